The molecule has 2 amide bonds. The average Bonchev–Trinajstić information content (AvgIpc) is 3.57. The summed E-state index contributed by atoms with van der Waals surface area (Å²) in [6, 6.07) is 5.70. The fourth-order valence-corrected chi connectivity index (χ4v) is 7.38. The monoisotopic (exact) mass is 591 g/mol. The van der Waals surface area contributed by atoms with Crippen LogP contribution >= 0.6 is 11.6 Å². The van der Waals surface area contributed by atoms with Gasteiger partial charge >= 0.3 is 0 Å². The van der Waals surface area contributed by atoms with E-state index in [1.54, 1.807) is 23.0 Å². The van der Waals surface area contributed by atoms with Gasteiger partial charge in [-0.2, -0.15) is 4.98 Å². The third-order valence-corrected chi connectivity index (χ3v) is 9.64. The van der Waals surface area contributed by atoms with Crippen LogP contribution in [0.25, 0.3) is 11.3 Å². The van der Waals surface area contributed by atoms with Crippen molar-refractivity contribution in [2.75, 3.05) is 74.7 Å². The minimum Gasteiger partial charge on any atom is -0.378 e. The van der Waals surface area contributed by atoms with E-state index in [9.17, 15) is 14.4 Å². The standard InChI is InChI=1S/C30H34ClN7O4/c1-35-7-3-4-20-25(35)33-29(34-26(20)39)38-8-5-30(6-9-38)24-21(31)14-18(16-23(24)36(2)28(30)41)22-15-19(17-32-22)27(40)37-10-12-42-13-11-37/h14-17,32H,3-13H2,1-2H3,(H,33,34,39). The van der Waals surface area contributed by atoms with Crippen molar-refractivity contribution >= 4 is 40.9 Å². The highest BCUT2D eigenvalue weighted by Crippen LogP contribution is 2.52. The van der Waals surface area contributed by atoms with Crippen LogP contribution in [0.3, 0.4) is 0 Å². The number of hydrogen-bond donors (Lipinski definition) is 2. The highest BCUT2D eigenvalue weighted by atomic mass is 35.5. The quantitative estimate of drug-likeness (QED) is 0.481. The molecule has 0 aliphatic carbocycles. The molecule has 4 aliphatic rings. The van der Waals surface area contributed by atoms with Crippen LogP contribution in [0.4, 0.5) is 17.5 Å². The van der Waals surface area contributed by atoms with Crippen molar-refractivity contribution in [1.82, 2.24) is 19.9 Å². The fourth-order valence-electron chi connectivity index (χ4n) is 6.98. The first-order valence-electron chi connectivity index (χ1n) is 14.5. The number of morpholine rings is 1. The molecule has 6 heterocycles. The molecule has 0 atom stereocenters. The summed E-state index contributed by atoms with van der Waals surface area (Å²) in [5, 5.41) is 0.534. The molecule has 3 aromatic rings. The van der Waals surface area contributed by atoms with E-state index in [4.69, 9.17) is 21.3 Å². The van der Waals surface area contributed by atoms with Gasteiger partial charge in [0.25, 0.3) is 11.5 Å². The molecule has 7 rings (SSSR count). The number of H-pyrrole nitrogens is 2. The van der Waals surface area contributed by atoms with Gasteiger partial charge < -0.3 is 29.3 Å². The Labute approximate surface area is 248 Å². The Kier molecular flexibility index (Phi) is 6.54. The number of rotatable bonds is 3. The molecule has 12 heteroatoms. The summed E-state index contributed by atoms with van der Waals surface area (Å²) in [4.78, 5) is 58.3. The molecular weight excluding hydrogens is 558 g/mol. The fraction of sp³-hybridized carbons (Fsp3) is 0.467. The maximum Gasteiger partial charge on any atom is 0.257 e. The van der Waals surface area contributed by atoms with Crippen molar-refractivity contribution in [3.05, 3.63) is 56.5 Å². The van der Waals surface area contributed by atoms with Gasteiger partial charge in [0.05, 0.1) is 29.8 Å². The molecular formula is C30H34ClN7O4. The van der Waals surface area contributed by atoms with Gasteiger partial charge in [-0.05, 0) is 43.9 Å². The summed E-state index contributed by atoms with van der Waals surface area (Å²) in [5.74, 6) is 1.29. The molecule has 1 aromatic carbocycles. The molecule has 2 saturated heterocycles. The van der Waals surface area contributed by atoms with Crippen LogP contribution in [-0.2, 0) is 21.4 Å². The van der Waals surface area contributed by atoms with E-state index in [1.165, 1.54) is 0 Å². The molecule has 11 nitrogen and oxygen atoms in total. The number of nitrogens with one attached hydrogen (secondary N) is 2. The van der Waals surface area contributed by atoms with Crippen molar-refractivity contribution in [1.29, 1.82) is 0 Å². The van der Waals surface area contributed by atoms with Crippen molar-refractivity contribution in [3.63, 3.8) is 0 Å². The second kappa shape index (κ2) is 10.2. The largest absolute Gasteiger partial charge is 0.378 e. The number of aromatic nitrogens is 3. The van der Waals surface area contributed by atoms with Gasteiger partial charge in [0.15, 0.2) is 0 Å². The zero-order valence-corrected chi connectivity index (χ0v) is 24.6. The van der Waals surface area contributed by atoms with E-state index < -0.39 is 5.41 Å². The Bertz CT molecular complexity index is 1630. The van der Waals surface area contributed by atoms with E-state index in [2.05, 4.69) is 14.9 Å². The van der Waals surface area contributed by atoms with Crippen LogP contribution in [0.1, 0.15) is 40.7 Å². The van der Waals surface area contributed by atoms with Gasteiger partial charge in [0.2, 0.25) is 11.9 Å². The zero-order chi connectivity index (χ0) is 29.2. The number of aromatic amines is 2. The summed E-state index contributed by atoms with van der Waals surface area (Å²) in [5.41, 5.74) is 3.71. The van der Waals surface area contributed by atoms with Crippen LogP contribution in [0.2, 0.25) is 5.02 Å². The maximum absolute atomic E-state index is 13.8. The number of likely N-dealkylation sites (N-methyl/N-ethyl adjacent to an activating group) is 1. The van der Waals surface area contributed by atoms with E-state index in [0.29, 0.717) is 68.8 Å². The number of carbonyl (C=O) groups excluding carboxylic acids is 2. The van der Waals surface area contributed by atoms with Crippen LogP contribution in [0, 0.1) is 0 Å². The van der Waals surface area contributed by atoms with Crippen molar-refractivity contribution < 1.29 is 14.3 Å². The van der Waals surface area contributed by atoms with Crippen molar-refractivity contribution in [2.45, 2.75) is 31.1 Å². The van der Waals surface area contributed by atoms with Crippen LogP contribution < -0.4 is 20.3 Å². The molecule has 2 fully saturated rings. The van der Waals surface area contributed by atoms with Gasteiger partial charge in [-0.25, -0.2) is 0 Å². The third-order valence-electron chi connectivity index (χ3n) is 9.34. The lowest BCUT2D eigenvalue weighted by Crippen LogP contribution is -2.49. The maximum atomic E-state index is 13.8. The van der Waals surface area contributed by atoms with Gasteiger partial charge in [0, 0.05) is 80.5 Å². The summed E-state index contributed by atoms with van der Waals surface area (Å²) in [7, 11) is 3.76. The topological polar surface area (TPSA) is 118 Å². The number of amides is 2. The first kappa shape index (κ1) is 27.0. The molecule has 0 unspecified atom stereocenters. The van der Waals surface area contributed by atoms with Gasteiger partial charge in [0.1, 0.15) is 5.82 Å². The molecule has 2 aromatic heterocycles. The predicted octanol–water partition coefficient (Wildman–Crippen LogP) is 2.79. The minimum absolute atomic E-state index is 0.0255. The van der Waals surface area contributed by atoms with Gasteiger partial charge in [-0.3, -0.25) is 19.4 Å². The molecule has 2 N–H and O–H groups in total. The third kappa shape index (κ3) is 4.20. The van der Waals surface area contributed by atoms with E-state index >= 15 is 0 Å². The lowest BCUT2D eigenvalue weighted by Gasteiger charge is -2.39. The molecule has 42 heavy (non-hydrogen) atoms. The van der Waals surface area contributed by atoms with E-state index in [-0.39, 0.29) is 17.4 Å². The summed E-state index contributed by atoms with van der Waals surface area (Å²) < 4.78 is 5.37. The predicted molar refractivity (Wildman–Crippen MR) is 161 cm³/mol. The molecule has 1 spiro atoms. The first-order valence-corrected chi connectivity index (χ1v) is 14.9. The number of ether oxygens (including phenoxy) is 1. The SMILES string of the molecule is CN1CCCc2c1nc(N1CCC3(CC1)C(=O)N(C)c1cc(-c4cc(C(=O)N5CCOCC5)c[nH]4)cc(Cl)c13)[nH]c2=O. The van der Waals surface area contributed by atoms with Crippen LogP contribution in [0.5, 0.6) is 0 Å². The normalized spacial score (nSPS) is 19.8. The smallest absolute Gasteiger partial charge is 0.257 e. The highest BCUT2D eigenvalue weighted by Gasteiger charge is 2.52. The number of fused-ring (bicyclic) bond motifs is 3. The zero-order valence-electron chi connectivity index (χ0n) is 23.8. The molecule has 0 bridgehead atoms. The number of halogens is 1. The average molecular weight is 592 g/mol. The molecule has 0 radical (unpaired) electrons. The Balaban J connectivity index is 1.15. The minimum atomic E-state index is -0.741. The Morgan fingerprint density at radius 2 is 1.81 bits per heavy atom. The Morgan fingerprint density at radius 3 is 2.57 bits per heavy atom. The number of hydrogen-bond acceptors (Lipinski definition) is 7. The number of benzene rings is 1. The Hall–Kier alpha value is -3.83. The second-order valence-corrected chi connectivity index (χ2v) is 12.1. The molecule has 220 valence electrons. The Morgan fingerprint density at radius 1 is 1.05 bits per heavy atom. The van der Waals surface area contributed by atoms with Crippen LogP contribution in [0.15, 0.2) is 29.2 Å². The van der Waals surface area contributed by atoms with E-state index in [0.717, 1.165) is 53.3 Å². The first-order chi connectivity index (χ1) is 20.3. The van der Waals surface area contributed by atoms with Gasteiger partial charge in [-0.1, -0.05) is 11.6 Å². The summed E-state index contributed by atoms with van der Waals surface area (Å²) in [6.07, 6.45) is 4.50. The van der Waals surface area contributed by atoms with Gasteiger partial charge in [-0.15, -0.1) is 0 Å². The van der Waals surface area contributed by atoms with Crippen molar-refractivity contribution in [2.24, 2.45) is 0 Å². The number of carbonyl (C=O) groups is 2. The summed E-state index contributed by atoms with van der Waals surface area (Å²) in [6.45, 7) is 4.24. The molecule has 0 saturated carbocycles. The number of piperidine rings is 1. The molecule has 4 aliphatic heterocycles. The lowest BCUT2D eigenvalue weighted by molar-refractivity contribution is -0.123. The summed E-state index contributed by atoms with van der Waals surface area (Å²) >= 11 is 6.98. The highest BCUT2D eigenvalue weighted by molar-refractivity contribution is 6.33. The number of anilines is 3. The van der Waals surface area contributed by atoms with Crippen molar-refractivity contribution in [3.8, 4) is 11.3 Å². The van der Waals surface area contributed by atoms with E-state index in [1.807, 2.05) is 30.1 Å². The second-order valence-electron chi connectivity index (χ2n) is 11.7. The van der Waals surface area contributed by atoms with Crippen LogP contribution in [-0.4, -0.2) is 91.7 Å². The lowest BCUT2D eigenvalue weighted by atomic mass is 9.73. The number of nitrogens with zero attached hydrogens (tertiary/aromatic N) is 5.